The molecule has 1 heterocycles. The van der Waals surface area contributed by atoms with Crippen molar-refractivity contribution in [3.8, 4) is 0 Å². The molecule has 0 amide bonds. The highest BCUT2D eigenvalue weighted by molar-refractivity contribution is 7.89. The first kappa shape index (κ1) is 13.9. The summed E-state index contributed by atoms with van der Waals surface area (Å²) in [6.45, 7) is 9.08. The number of nitrogens with zero attached hydrogens (tertiary/aromatic N) is 1. The van der Waals surface area contributed by atoms with Crippen LogP contribution >= 0.6 is 0 Å². The third kappa shape index (κ3) is 4.03. The molecule has 1 aliphatic rings. The summed E-state index contributed by atoms with van der Waals surface area (Å²) in [5.74, 6) is 0.676. The number of likely N-dealkylation sites (tertiary alicyclic amines) is 1. The summed E-state index contributed by atoms with van der Waals surface area (Å²) in [7, 11) is -3.07. The van der Waals surface area contributed by atoms with Crippen molar-refractivity contribution in [2.45, 2.75) is 39.7 Å². The molecule has 0 aromatic carbocycles. The van der Waals surface area contributed by atoms with Crippen LogP contribution in [0, 0.1) is 5.92 Å². The Labute approximate surface area is 99.5 Å². The highest BCUT2D eigenvalue weighted by Gasteiger charge is 2.31. The van der Waals surface area contributed by atoms with Gasteiger partial charge in [0.05, 0.1) is 5.75 Å². The van der Waals surface area contributed by atoms with Gasteiger partial charge in [0.2, 0.25) is 10.0 Å². The Balaban J connectivity index is 2.48. The number of hydrogen-bond donors (Lipinski definition) is 1. The van der Waals surface area contributed by atoms with Crippen molar-refractivity contribution >= 4 is 10.0 Å². The van der Waals surface area contributed by atoms with E-state index in [-0.39, 0.29) is 11.8 Å². The zero-order valence-corrected chi connectivity index (χ0v) is 11.4. The van der Waals surface area contributed by atoms with Crippen LogP contribution in [0.5, 0.6) is 0 Å². The van der Waals surface area contributed by atoms with Crippen molar-refractivity contribution < 1.29 is 8.42 Å². The minimum Gasteiger partial charge on any atom is -0.302 e. The van der Waals surface area contributed by atoms with Crippen LogP contribution in [0.3, 0.4) is 0 Å². The number of likely N-dealkylation sites (N-methyl/N-ethyl adjacent to an activating group) is 1. The van der Waals surface area contributed by atoms with Crippen LogP contribution in [0.4, 0.5) is 0 Å². The number of hydrogen-bond acceptors (Lipinski definition) is 3. The smallest absolute Gasteiger partial charge is 0.211 e. The van der Waals surface area contributed by atoms with Crippen molar-refractivity contribution in [1.29, 1.82) is 0 Å². The van der Waals surface area contributed by atoms with Gasteiger partial charge in [0, 0.05) is 19.1 Å². The lowest BCUT2D eigenvalue weighted by Gasteiger charge is -2.16. The molecule has 2 atom stereocenters. The fraction of sp³-hybridized carbons (Fsp3) is 1.00. The van der Waals surface area contributed by atoms with Crippen molar-refractivity contribution in [3.63, 3.8) is 0 Å². The highest BCUT2D eigenvalue weighted by Crippen LogP contribution is 2.16. The lowest BCUT2D eigenvalue weighted by molar-refractivity contribution is 0.344. The van der Waals surface area contributed by atoms with E-state index in [1.54, 1.807) is 0 Å². The van der Waals surface area contributed by atoms with Gasteiger partial charge in [-0.25, -0.2) is 13.1 Å². The molecular formula is C11H24N2O2S. The van der Waals surface area contributed by atoms with E-state index in [1.807, 2.05) is 6.92 Å². The van der Waals surface area contributed by atoms with Crippen LogP contribution in [0.1, 0.15) is 33.6 Å². The summed E-state index contributed by atoms with van der Waals surface area (Å²) in [5.41, 5.74) is 0. The van der Waals surface area contributed by atoms with E-state index in [0.717, 1.165) is 32.5 Å². The molecule has 0 aromatic heterocycles. The monoisotopic (exact) mass is 248 g/mol. The molecule has 1 fully saturated rings. The summed E-state index contributed by atoms with van der Waals surface area (Å²) in [4.78, 5) is 2.29. The Hall–Kier alpha value is -0.130. The second-order valence-corrected chi connectivity index (χ2v) is 6.60. The Morgan fingerprint density at radius 2 is 2.00 bits per heavy atom. The van der Waals surface area contributed by atoms with Gasteiger partial charge in [-0.2, -0.15) is 0 Å². The Bertz CT molecular complexity index is 303. The predicted molar refractivity (Wildman–Crippen MR) is 66.9 cm³/mol. The quantitative estimate of drug-likeness (QED) is 0.764. The van der Waals surface area contributed by atoms with Crippen LogP contribution in [-0.4, -0.2) is 44.7 Å². The average Bonchev–Trinajstić information content (AvgIpc) is 2.56. The molecule has 16 heavy (non-hydrogen) atoms. The third-order valence-corrected chi connectivity index (χ3v) is 4.72. The zero-order chi connectivity index (χ0) is 12.2. The molecule has 0 unspecified atom stereocenters. The molecule has 0 spiro atoms. The van der Waals surface area contributed by atoms with E-state index < -0.39 is 10.0 Å². The molecule has 0 saturated carbocycles. The largest absolute Gasteiger partial charge is 0.302 e. The average molecular weight is 248 g/mol. The standard InChI is InChI=1S/C11H24N2O2S/c1-4-6-7-16(14,15)12-11-9-13(5-2)8-10(11)3/h10-12H,4-9H2,1-3H3/t10-,11-/m0/s1. The zero-order valence-electron chi connectivity index (χ0n) is 10.6. The molecule has 1 saturated heterocycles. The fourth-order valence-electron chi connectivity index (χ4n) is 2.10. The minimum absolute atomic E-state index is 0.0989. The van der Waals surface area contributed by atoms with Crippen LogP contribution in [0.2, 0.25) is 0 Å². The van der Waals surface area contributed by atoms with Gasteiger partial charge in [-0.15, -0.1) is 0 Å². The van der Waals surface area contributed by atoms with E-state index in [1.165, 1.54) is 0 Å². The molecule has 5 heteroatoms. The maximum Gasteiger partial charge on any atom is 0.211 e. The van der Waals surface area contributed by atoms with Gasteiger partial charge in [-0.05, 0) is 18.9 Å². The van der Waals surface area contributed by atoms with Crippen molar-refractivity contribution in [3.05, 3.63) is 0 Å². The van der Waals surface area contributed by atoms with Gasteiger partial charge in [-0.1, -0.05) is 27.2 Å². The Morgan fingerprint density at radius 1 is 1.31 bits per heavy atom. The van der Waals surface area contributed by atoms with Gasteiger partial charge >= 0.3 is 0 Å². The molecule has 1 aliphatic heterocycles. The maximum absolute atomic E-state index is 11.8. The van der Waals surface area contributed by atoms with E-state index in [2.05, 4.69) is 23.5 Å². The number of unbranched alkanes of at least 4 members (excludes halogenated alkanes) is 1. The fourth-order valence-corrected chi connectivity index (χ4v) is 3.66. The van der Waals surface area contributed by atoms with E-state index in [0.29, 0.717) is 5.92 Å². The van der Waals surface area contributed by atoms with Gasteiger partial charge in [0.1, 0.15) is 0 Å². The van der Waals surface area contributed by atoms with Crippen LogP contribution in [-0.2, 0) is 10.0 Å². The minimum atomic E-state index is -3.07. The molecule has 1 N–H and O–H groups in total. The SMILES string of the molecule is CCCCS(=O)(=O)N[C@H]1CN(CC)C[C@@H]1C. The lowest BCUT2D eigenvalue weighted by Crippen LogP contribution is -2.40. The van der Waals surface area contributed by atoms with E-state index >= 15 is 0 Å². The number of sulfonamides is 1. The lowest BCUT2D eigenvalue weighted by atomic mass is 10.1. The molecule has 1 rings (SSSR count). The second kappa shape index (κ2) is 5.98. The van der Waals surface area contributed by atoms with Gasteiger partial charge in [-0.3, -0.25) is 0 Å². The summed E-state index contributed by atoms with van der Waals surface area (Å²) >= 11 is 0. The number of rotatable bonds is 6. The van der Waals surface area contributed by atoms with Crippen molar-refractivity contribution in [1.82, 2.24) is 9.62 Å². The van der Waals surface area contributed by atoms with Crippen LogP contribution in [0.15, 0.2) is 0 Å². The van der Waals surface area contributed by atoms with E-state index in [9.17, 15) is 8.42 Å². The first-order valence-corrected chi connectivity index (χ1v) is 7.86. The molecule has 0 bridgehead atoms. The summed E-state index contributed by atoms with van der Waals surface area (Å²) < 4.78 is 26.3. The first-order chi connectivity index (χ1) is 7.48. The summed E-state index contributed by atoms with van der Waals surface area (Å²) in [6.07, 6.45) is 1.66. The molecule has 96 valence electrons. The number of nitrogens with one attached hydrogen (secondary N) is 1. The third-order valence-electron chi connectivity index (χ3n) is 3.23. The normalized spacial score (nSPS) is 27.4. The molecular weight excluding hydrogens is 224 g/mol. The van der Waals surface area contributed by atoms with Gasteiger partial charge in [0.25, 0.3) is 0 Å². The highest BCUT2D eigenvalue weighted by atomic mass is 32.2. The maximum atomic E-state index is 11.8. The first-order valence-electron chi connectivity index (χ1n) is 6.20. The summed E-state index contributed by atoms with van der Waals surface area (Å²) in [6, 6.07) is 0.0989. The summed E-state index contributed by atoms with van der Waals surface area (Å²) in [5, 5.41) is 0. The molecule has 4 nitrogen and oxygen atoms in total. The molecule has 0 radical (unpaired) electrons. The van der Waals surface area contributed by atoms with Crippen LogP contribution < -0.4 is 4.72 Å². The van der Waals surface area contributed by atoms with Crippen LogP contribution in [0.25, 0.3) is 0 Å². The van der Waals surface area contributed by atoms with Crippen molar-refractivity contribution in [2.24, 2.45) is 5.92 Å². The topological polar surface area (TPSA) is 49.4 Å². The Morgan fingerprint density at radius 3 is 2.50 bits per heavy atom. The van der Waals surface area contributed by atoms with Crippen molar-refractivity contribution in [2.75, 3.05) is 25.4 Å². The van der Waals surface area contributed by atoms with E-state index in [4.69, 9.17) is 0 Å². The predicted octanol–water partition coefficient (Wildman–Crippen LogP) is 1.05. The van der Waals surface area contributed by atoms with Gasteiger partial charge in [0.15, 0.2) is 0 Å². The molecule has 0 aliphatic carbocycles. The van der Waals surface area contributed by atoms with Gasteiger partial charge < -0.3 is 4.90 Å². The second-order valence-electron chi connectivity index (χ2n) is 4.73. The Kier molecular flexibility index (Phi) is 5.21. The molecule has 0 aromatic rings.